The Morgan fingerprint density at radius 3 is 2.80 bits per heavy atom. The van der Waals surface area contributed by atoms with Gasteiger partial charge in [-0.15, -0.1) is 0 Å². The topological polar surface area (TPSA) is 26.2 Å². The van der Waals surface area contributed by atoms with E-state index < -0.39 is 11.6 Å². The molecule has 1 aromatic heterocycles. The van der Waals surface area contributed by atoms with Crippen molar-refractivity contribution in [3.63, 3.8) is 0 Å². The van der Waals surface area contributed by atoms with E-state index in [1.807, 2.05) is 22.9 Å². The highest BCUT2D eigenvalue weighted by atomic mass is 19.2. The number of rotatable bonds is 7. The fourth-order valence-electron chi connectivity index (χ4n) is 1.99. The Morgan fingerprint density at radius 2 is 2.05 bits per heavy atom. The van der Waals surface area contributed by atoms with Crippen LogP contribution in [0.25, 0.3) is 0 Å². The number of hydrogen-bond acceptors (Lipinski definition) is 2. The highest BCUT2D eigenvalue weighted by Crippen LogP contribution is 2.12. The van der Waals surface area contributed by atoms with Crippen LogP contribution in [-0.2, 0) is 17.8 Å². The number of nitrogens with one attached hydrogen (secondary N) is 1. The third kappa shape index (κ3) is 3.88. The van der Waals surface area contributed by atoms with Crippen molar-refractivity contribution in [3.8, 4) is 0 Å². The summed E-state index contributed by atoms with van der Waals surface area (Å²) in [7, 11) is 1.66. The van der Waals surface area contributed by atoms with Gasteiger partial charge in [0.2, 0.25) is 0 Å². The fourth-order valence-corrected chi connectivity index (χ4v) is 1.99. The minimum absolute atomic E-state index is 0.519. The van der Waals surface area contributed by atoms with Gasteiger partial charge >= 0.3 is 0 Å². The normalized spacial score (nSPS) is 10.9. The van der Waals surface area contributed by atoms with Gasteiger partial charge in [0.05, 0.1) is 6.61 Å². The zero-order chi connectivity index (χ0) is 14.4. The maximum Gasteiger partial charge on any atom is 0.159 e. The van der Waals surface area contributed by atoms with E-state index in [1.54, 1.807) is 13.2 Å². The van der Waals surface area contributed by atoms with Gasteiger partial charge in [0.15, 0.2) is 11.6 Å². The Morgan fingerprint density at radius 1 is 1.20 bits per heavy atom. The first-order chi connectivity index (χ1) is 9.70. The van der Waals surface area contributed by atoms with Gasteiger partial charge < -0.3 is 14.6 Å². The molecule has 1 heterocycles. The zero-order valence-electron chi connectivity index (χ0n) is 11.4. The number of aromatic nitrogens is 1. The van der Waals surface area contributed by atoms with Crippen LogP contribution in [0.4, 0.5) is 8.78 Å². The summed E-state index contributed by atoms with van der Waals surface area (Å²) in [5.41, 5.74) is 1.82. The molecule has 0 atom stereocenters. The van der Waals surface area contributed by atoms with Crippen LogP contribution < -0.4 is 5.32 Å². The van der Waals surface area contributed by atoms with Gasteiger partial charge in [-0.2, -0.15) is 0 Å². The summed E-state index contributed by atoms with van der Waals surface area (Å²) in [5, 5.41) is 3.26. The summed E-state index contributed by atoms with van der Waals surface area (Å²) in [5.74, 6) is -1.63. The van der Waals surface area contributed by atoms with Crippen LogP contribution in [0.3, 0.4) is 0 Å². The molecule has 1 aromatic carbocycles. The standard InChI is InChI=1S/C15H18F2N2O/c1-20-8-6-18-10-13-3-2-7-19(13)11-12-4-5-14(16)15(17)9-12/h2-5,7,9,18H,6,8,10-11H2,1H3. The number of nitrogens with zero attached hydrogens (tertiary/aromatic N) is 1. The van der Waals surface area contributed by atoms with E-state index in [2.05, 4.69) is 5.32 Å². The average Bonchev–Trinajstić information content (AvgIpc) is 2.86. The van der Waals surface area contributed by atoms with Crippen molar-refractivity contribution < 1.29 is 13.5 Å². The van der Waals surface area contributed by atoms with Crippen LogP contribution in [0.15, 0.2) is 36.5 Å². The van der Waals surface area contributed by atoms with Crippen molar-refractivity contribution in [1.29, 1.82) is 0 Å². The number of ether oxygens (including phenoxy) is 1. The second kappa shape index (κ2) is 7.17. The Kier molecular flexibility index (Phi) is 5.26. The maximum atomic E-state index is 13.2. The van der Waals surface area contributed by atoms with Crippen molar-refractivity contribution in [2.24, 2.45) is 0 Å². The number of methoxy groups -OCH3 is 1. The second-order valence-corrected chi connectivity index (χ2v) is 4.55. The molecule has 0 amide bonds. The SMILES string of the molecule is COCCNCc1cccn1Cc1ccc(F)c(F)c1. The summed E-state index contributed by atoms with van der Waals surface area (Å²) in [6.07, 6.45) is 1.93. The molecule has 2 aromatic rings. The van der Waals surface area contributed by atoms with Crippen molar-refractivity contribution in [1.82, 2.24) is 9.88 Å². The highest BCUT2D eigenvalue weighted by molar-refractivity contribution is 5.20. The third-order valence-electron chi connectivity index (χ3n) is 3.05. The van der Waals surface area contributed by atoms with Crippen LogP contribution in [-0.4, -0.2) is 24.8 Å². The minimum atomic E-state index is -0.817. The van der Waals surface area contributed by atoms with Gasteiger partial charge in [0.25, 0.3) is 0 Å². The molecule has 1 N–H and O–H groups in total. The molecule has 0 unspecified atom stereocenters. The van der Waals surface area contributed by atoms with E-state index >= 15 is 0 Å². The monoisotopic (exact) mass is 280 g/mol. The summed E-state index contributed by atoms with van der Waals surface area (Å²) < 4.78 is 33.0. The second-order valence-electron chi connectivity index (χ2n) is 4.55. The Hall–Kier alpha value is -1.72. The molecule has 0 aliphatic heterocycles. The lowest BCUT2D eigenvalue weighted by Crippen LogP contribution is -2.20. The van der Waals surface area contributed by atoms with E-state index in [9.17, 15) is 8.78 Å². The number of benzene rings is 1. The molecule has 0 aliphatic rings. The van der Waals surface area contributed by atoms with Crippen molar-refractivity contribution in [2.75, 3.05) is 20.3 Å². The molecule has 0 radical (unpaired) electrons. The molecule has 108 valence electrons. The van der Waals surface area contributed by atoms with Crippen molar-refractivity contribution >= 4 is 0 Å². The van der Waals surface area contributed by atoms with E-state index in [-0.39, 0.29) is 0 Å². The van der Waals surface area contributed by atoms with Crippen LogP contribution in [0.5, 0.6) is 0 Å². The largest absolute Gasteiger partial charge is 0.383 e. The first-order valence-electron chi connectivity index (χ1n) is 6.48. The highest BCUT2D eigenvalue weighted by Gasteiger charge is 2.05. The molecule has 0 bridgehead atoms. The number of hydrogen-bond donors (Lipinski definition) is 1. The molecule has 0 fully saturated rings. The molecule has 0 saturated carbocycles. The van der Waals surface area contributed by atoms with Gasteiger partial charge in [-0.3, -0.25) is 0 Å². The van der Waals surface area contributed by atoms with E-state index in [0.717, 1.165) is 23.9 Å². The molecule has 2 rings (SSSR count). The molecular formula is C15H18F2N2O. The Bertz CT molecular complexity index is 555. The summed E-state index contributed by atoms with van der Waals surface area (Å²) in [6, 6.07) is 7.93. The van der Waals surface area contributed by atoms with E-state index in [1.165, 1.54) is 6.07 Å². The summed E-state index contributed by atoms with van der Waals surface area (Å²) in [6.45, 7) is 2.66. The maximum absolute atomic E-state index is 13.2. The Balaban J connectivity index is 1.99. The van der Waals surface area contributed by atoms with Crippen LogP contribution in [0.2, 0.25) is 0 Å². The number of halogens is 2. The van der Waals surface area contributed by atoms with Crippen LogP contribution in [0, 0.1) is 11.6 Å². The zero-order valence-corrected chi connectivity index (χ0v) is 11.4. The van der Waals surface area contributed by atoms with Gasteiger partial charge in [-0.05, 0) is 29.8 Å². The molecule has 0 saturated heterocycles. The molecular weight excluding hydrogens is 262 g/mol. The first kappa shape index (κ1) is 14.7. The molecule has 0 spiro atoms. The molecule has 5 heteroatoms. The van der Waals surface area contributed by atoms with Crippen LogP contribution in [0.1, 0.15) is 11.3 Å². The molecule has 3 nitrogen and oxygen atoms in total. The van der Waals surface area contributed by atoms with E-state index in [4.69, 9.17) is 4.74 Å². The Labute approximate surface area is 117 Å². The van der Waals surface area contributed by atoms with Gasteiger partial charge in [0, 0.05) is 38.6 Å². The smallest absolute Gasteiger partial charge is 0.159 e. The fraction of sp³-hybridized carbons (Fsp3) is 0.333. The van der Waals surface area contributed by atoms with Gasteiger partial charge in [-0.25, -0.2) is 8.78 Å². The minimum Gasteiger partial charge on any atom is -0.383 e. The lowest BCUT2D eigenvalue weighted by molar-refractivity contribution is 0.199. The lowest BCUT2D eigenvalue weighted by atomic mass is 10.2. The summed E-state index contributed by atoms with van der Waals surface area (Å²) in [4.78, 5) is 0. The predicted octanol–water partition coefficient (Wildman–Crippen LogP) is 2.55. The summed E-state index contributed by atoms with van der Waals surface area (Å²) >= 11 is 0. The van der Waals surface area contributed by atoms with Gasteiger partial charge in [-0.1, -0.05) is 6.07 Å². The predicted molar refractivity (Wildman–Crippen MR) is 73.5 cm³/mol. The average molecular weight is 280 g/mol. The molecule has 20 heavy (non-hydrogen) atoms. The van der Waals surface area contributed by atoms with E-state index in [0.29, 0.717) is 19.7 Å². The van der Waals surface area contributed by atoms with Gasteiger partial charge in [0.1, 0.15) is 0 Å². The lowest BCUT2D eigenvalue weighted by Gasteiger charge is -2.10. The third-order valence-corrected chi connectivity index (χ3v) is 3.05. The van der Waals surface area contributed by atoms with Crippen molar-refractivity contribution in [2.45, 2.75) is 13.1 Å². The first-order valence-corrected chi connectivity index (χ1v) is 6.48. The van der Waals surface area contributed by atoms with Crippen LogP contribution >= 0.6 is 0 Å². The molecule has 0 aliphatic carbocycles. The quantitative estimate of drug-likeness (QED) is 0.789. The van der Waals surface area contributed by atoms with Crippen molar-refractivity contribution in [3.05, 3.63) is 59.4 Å².